The molecule has 0 aliphatic heterocycles. The van der Waals surface area contributed by atoms with Crippen molar-refractivity contribution in [1.82, 2.24) is 0 Å². The van der Waals surface area contributed by atoms with E-state index in [1.54, 1.807) is 0 Å². The van der Waals surface area contributed by atoms with Gasteiger partial charge in [-0.1, -0.05) is 0 Å². The molecule has 2 heteroatoms. The van der Waals surface area contributed by atoms with E-state index in [1.165, 1.54) is 83.9 Å². The maximum atomic E-state index is 6.55. The Bertz CT molecular complexity index is 184. The van der Waals surface area contributed by atoms with Crippen LogP contribution in [0.2, 0.25) is 13.3 Å². The summed E-state index contributed by atoms with van der Waals surface area (Å²) < 4.78 is 10.8. The molecule has 0 fully saturated rings. The van der Waals surface area contributed by atoms with Gasteiger partial charge in [0.25, 0.3) is 0 Å². The molecule has 0 aromatic carbocycles. The van der Waals surface area contributed by atoms with E-state index in [0.29, 0.717) is 0 Å². The zero-order valence-electron chi connectivity index (χ0n) is 15.5. The molecule has 0 amide bonds. The Labute approximate surface area is 140 Å². The van der Waals surface area contributed by atoms with Gasteiger partial charge < -0.3 is 0 Å². The fourth-order valence-corrected chi connectivity index (χ4v) is 12.3. The van der Waals surface area contributed by atoms with E-state index >= 15 is 0 Å². The van der Waals surface area contributed by atoms with Crippen molar-refractivity contribution in [3.63, 3.8) is 0 Å². The van der Waals surface area contributed by atoms with Gasteiger partial charge in [-0.3, -0.25) is 0 Å². The molecule has 0 N–H and O–H groups in total. The second-order valence-electron chi connectivity index (χ2n) is 6.67. The average molecular weight is 405 g/mol. The van der Waals surface area contributed by atoms with E-state index in [0.717, 1.165) is 6.61 Å². The van der Waals surface area contributed by atoms with Gasteiger partial charge in [0, 0.05) is 0 Å². The van der Waals surface area contributed by atoms with Gasteiger partial charge in [-0.05, 0) is 0 Å². The molecule has 0 saturated carbocycles. The van der Waals surface area contributed by atoms with Gasteiger partial charge in [-0.15, -0.1) is 0 Å². The number of rotatable bonds is 16. The third-order valence-electron chi connectivity index (χ3n) is 4.93. The number of hydrogen-bond acceptors (Lipinski definition) is 1. The van der Waals surface area contributed by atoms with Gasteiger partial charge in [0.1, 0.15) is 0 Å². The standard InChI is InChI=1S/C8H17.C7H15O.2C2H5.Sn/c1-3-5-7-8-6-4-2;1-2-3-4-5-6-7-8;2*1-2;/h1,3-8H2,2H3;2-7H2,1H3;2*1H2,2H3;/q;-1;;;+1. The van der Waals surface area contributed by atoms with E-state index in [9.17, 15) is 0 Å². The first kappa shape index (κ1) is 21.8. The monoisotopic (exact) mass is 406 g/mol. The predicted octanol–water partition coefficient (Wildman–Crippen LogP) is 7.32. The molecule has 0 aromatic heterocycles. The van der Waals surface area contributed by atoms with Gasteiger partial charge >= 0.3 is 140 Å². The minimum absolute atomic E-state index is 1.07. The fraction of sp³-hybridized carbons (Fsp3) is 1.00. The minimum atomic E-state index is -2.18. The third-order valence-corrected chi connectivity index (χ3v) is 18.2. The van der Waals surface area contributed by atoms with Crippen molar-refractivity contribution in [2.75, 3.05) is 6.61 Å². The van der Waals surface area contributed by atoms with Crippen LogP contribution >= 0.6 is 0 Å². The normalized spacial score (nSPS) is 12.0. The molecule has 0 aromatic rings. The van der Waals surface area contributed by atoms with E-state index in [-0.39, 0.29) is 0 Å². The van der Waals surface area contributed by atoms with Crippen LogP contribution in [0.5, 0.6) is 0 Å². The Morgan fingerprint density at radius 1 is 0.571 bits per heavy atom. The summed E-state index contributed by atoms with van der Waals surface area (Å²) >= 11 is -2.18. The zero-order chi connectivity index (χ0) is 15.8. The first-order valence-electron chi connectivity index (χ1n) is 9.88. The molecule has 0 atom stereocenters. The van der Waals surface area contributed by atoms with Crippen molar-refractivity contribution in [3.8, 4) is 0 Å². The topological polar surface area (TPSA) is 9.23 Å². The summed E-state index contributed by atoms with van der Waals surface area (Å²) in [6.45, 7) is 10.4. The van der Waals surface area contributed by atoms with Crippen LogP contribution in [0.15, 0.2) is 0 Å². The molecule has 0 unspecified atom stereocenters. The molecule has 0 spiro atoms. The summed E-state index contributed by atoms with van der Waals surface area (Å²) in [5.41, 5.74) is 0. The van der Waals surface area contributed by atoms with E-state index in [2.05, 4.69) is 27.7 Å². The predicted molar refractivity (Wildman–Crippen MR) is 99.6 cm³/mol. The Morgan fingerprint density at radius 2 is 1.05 bits per heavy atom. The fourth-order valence-electron chi connectivity index (χ4n) is 3.10. The van der Waals surface area contributed by atoms with Crippen LogP contribution < -0.4 is 0 Å². The maximum absolute atomic E-state index is 6.55. The molecule has 0 heterocycles. The van der Waals surface area contributed by atoms with Crippen LogP contribution in [-0.2, 0) is 3.07 Å². The SMILES string of the molecule is CCCCCCC[CH2][Sn]([CH2]C)([CH2]C)[O]CCCCCCC. The van der Waals surface area contributed by atoms with E-state index in [1.807, 2.05) is 0 Å². The first-order chi connectivity index (χ1) is 10.2. The summed E-state index contributed by atoms with van der Waals surface area (Å²) in [6.07, 6.45) is 15.4. The van der Waals surface area contributed by atoms with Crippen molar-refractivity contribution < 1.29 is 3.07 Å². The van der Waals surface area contributed by atoms with Gasteiger partial charge in [0.05, 0.1) is 0 Å². The summed E-state index contributed by atoms with van der Waals surface area (Å²) in [5.74, 6) is 0. The summed E-state index contributed by atoms with van der Waals surface area (Å²) in [5, 5.41) is 0. The summed E-state index contributed by atoms with van der Waals surface area (Å²) in [7, 11) is 0. The van der Waals surface area contributed by atoms with Crippen LogP contribution in [0.3, 0.4) is 0 Å². The molecule has 1 nitrogen and oxygen atoms in total. The van der Waals surface area contributed by atoms with Crippen LogP contribution in [-0.4, -0.2) is 25.4 Å². The molecular formula is C19H42OSn. The Hall–Kier alpha value is 0.759. The van der Waals surface area contributed by atoms with Crippen molar-refractivity contribution in [2.24, 2.45) is 0 Å². The van der Waals surface area contributed by atoms with E-state index in [4.69, 9.17) is 3.07 Å². The molecule has 0 aliphatic rings. The second-order valence-corrected chi connectivity index (χ2v) is 19.7. The first-order valence-corrected chi connectivity index (χ1v) is 17.1. The molecule has 0 rings (SSSR count). The molecule has 128 valence electrons. The number of hydrogen-bond donors (Lipinski definition) is 0. The molecule has 0 bridgehead atoms. The third kappa shape index (κ3) is 11.9. The second kappa shape index (κ2) is 15.6. The van der Waals surface area contributed by atoms with Crippen molar-refractivity contribution >= 4 is 18.8 Å². The van der Waals surface area contributed by atoms with Crippen LogP contribution in [0.4, 0.5) is 0 Å². The average Bonchev–Trinajstić information content (AvgIpc) is 2.52. The van der Waals surface area contributed by atoms with Crippen LogP contribution in [0, 0.1) is 0 Å². The molecular weight excluding hydrogens is 363 g/mol. The quantitative estimate of drug-likeness (QED) is 0.193. The molecule has 0 saturated heterocycles. The van der Waals surface area contributed by atoms with Crippen molar-refractivity contribution in [1.29, 1.82) is 0 Å². The molecule has 0 radical (unpaired) electrons. The van der Waals surface area contributed by atoms with E-state index < -0.39 is 18.8 Å². The Balaban J connectivity index is 3.78. The van der Waals surface area contributed by atoms with Crippen molar-refractivity contribution in [3.05, 3.63) is 0 Å². The van der Waals surface area contributed by atoms with Gasteiger partial charge in [0.15, 0.2) is 0 Å². The van der Waals surface area contributed by atoms with Gasteiger partial charge in [-0.2, -0.15) is 0 Å². The Kier molecular flexibility index (Phi) is 16.2. The van der Waals surface area contributed by atoms with Gasteiger partial charge in [0.2, 0.25) is 0 Å². The zero-order valence-corrected chi connectivity index (χ0v) is 18.4. The summed E-state index contributed by atoms with van der Waals surface area (Å²) in [6, 6.07) is 0. The van der Waals surface area contributed by atoms with Gasteiger partial charge in [-0.25, -0.2) is 0 Å². The Morgan fingerprint density at radius 3 is 1.57 bits per heavy atom. The summed E-state index contributed by atoms with van der Waals surface area (Å²) in [4.78, 5) is 0. The van der Waals surface area contributed by atoms with Crippen LogP contribution in [0.1, 0.15) is 98.3 Å². The molecule has 21 heavy (non-hydrogen) atoms. The van der Waals surface area contributed by atoms with Crippen molar-refractivity contribution in [2.45, 2.75) is 112 Å². The molecule has 0 aliphatic carbocycles. The van der Waals surface area contributed by atoms with Crippen LogP contribution in [0.25, 0.3) is 0 Å². The number of unbranched alkanes of at least 4 members (excludes halogenated alkanes) is 9.